The summed E-state index contributed by atoms with van der Waals surface area (Å²) in [5, 5.41) is 10.4. The van der Waals surface area contributed by atoms with Gasteiger partial charge < -0.3 is 0 Å². The lowest BCUT2D eigenvalue weighted by molar-refractivity contribution is 0.714. The minimum atomic E-state index is 0.667. The van der Waals surface area contributed by atoms with Gasteiger partial charge in [0, 0.05) is 17.5 Å². The summed E-state index contributed by atoms with van der Waals surface area (Å²) in [6.45, 7) is 0.680. The van der Waals surface area contributed by atoms with E-state index < -0.39 is 0 Å². The number of rotatable bonds is 6. The van der Waals surface area contributed by atoms with Crippen molar-refractivity contribution in [1.82, 2.24) is 19.7 Å². The lowest BCUT2D eigenvalue weighted by Gasteiger charge is -2.11. The molecule has 2 aromatic heterocycles. The van der Waals surface area contributed by atoms with Gasteiger partial charge in [0.15, 0.2) is 11.0 Å². The van der Waals surface area contributed by atoms with Gasteiger partial charge in [-0.1, -0.05) is 71.9 Å². The van der Waals surface area contributed by atoms with Crippen molar-refractivity contribution in [2.45, 2.75) is 17.5 Å². The van der Waals surface area contributed by atoms with Crippen LogP contribution in [0.2, 0.25) is 5.02 Å². The average molecular weight is 393 g/mol. The molecule has 0 aliphatic rings. The minimum absolute atomic E-state index is 0.667. The Bertz CT molecular complexity index is 1020. The first-order valence-electron chi connectivity index (χ1n) is 8.56. The summed E-state index contributed by atoms with van der Waals surface area (Å²) in [4.78, 5) is 4.39. The van der Waals surface area contributed by atoms with E-state index in [2.05, 4.69) is 31.9 Å². The third-order valence-corrected chi connectivity index (χ3v) is 5.42. The molecule has 2 heterocycles. The molecule has 2 aromatic carbocycles. The molecule has 0 fully saturated rings. The number of thioether (sulfide) groups is 1. The van der Waals surface area contributed by atoms with Gasteiger partial charge in [-0.3, -0.25) is 9.55 Å². The van der Waals surface area contributed by atoms with Crippen molar-refractivity contribution in [1.29, 1.82) is 0 Å². The second-order valence-electron chi connectivity index (χ2n) is 5.97. The highest BCUT2D eigenvalue weighted by molar-refractivity contribution is 7.98. The molecule has 0 saturated heterocycles. The highest BCUT2D eigenvalue weighted by atomic mass is 35.5. The SMILES string of the molecule is Clc1ccccc1-c1nnc(SCc2ccccn2)n1Cc1ccccc1. The molecule has 0 spiro atoms. The van der Waals surface area contributed by atoms with Crippen LogP contribution in [0.5, 0.6) is 0 Å². The Kier molecular flexibility index (Phi) is 5.51. The molecule has 0 amide bonds. The Hall–Kier alpha value is -2.63. The van der Waals surface area contributed by atoms with Crippen molar-refractivity contribution in [3.05, 3.63) is 95.3 Å². The number of pyridine rings is 1. The van der Waals surface area contributed by atoms with Crippen molar-refractivity contribution >= 4 is 23.4 Å². The zero-order chi connectivity index (χ0) is 18.5. The summed E-state index contributed by atoms with van der Waals surface area (Å²) in [6, 6.07) is 23.9. The van der Waals surface area contributed by atoms with Crippen LogP contribution in [0.4, 0.5) is 0 Å². The van der Waals surface area contributed by atoms with Gasteiger partial charge in [0.1, 0.15) is 0 Å². The Morgan fingerprint density at radius 3 is 2.41 bits per heavy atom. The standard InChI is InChI=1S/C21H17ClN4S/c22-19-12-5-4-11-18(19)20-24-25-21(27-15-17-10-6-7-13-23-17)26(20)14-16-8-2-1-3-9-16/h1-13H,14-15H2. The molecule has 0 atom stereocenters. The van der Waals surface area contributed by atoms with Crippen molar-refractivity contribution in [2.24, 2.45) is 0 Å². The van der Waals surface area contributed by atoms with Gasteiger partial charge in [0.25, 0.3) is 0 Å². The number of hydrogen-bond acceptors (Lipinski definition) is 4. The molecule has 0 bridgehead atoms. The Morgan fingerprint density at radius 2 is 1.63 bits per heavy atom. The molecule has 0 N–H and O–H groups in total. The second kappa shape index (κ2) is 8.37. The van der Waals surface area contributed by atoms with E-state index >= 15 is 0 Å². The molecule has 4 aromatic rings. The third-order valence-electron chi connectivity index (χ3n) is 4.09. The fraction of sp³-hybridized carbons (Fsp3) is 0.0952. The molecule has 0 aliphatic heterocycles. The fourth-order valence-corrected chi connectivity index (χ4v) is 3.84. The maximum atomic E-state index is 6.42. The van der Waals surface area contributed by atoms with Crippen molar-refractivity contribution in [3.8, 4) is 11.4 Å². The highest BCUT2D eigenvalue weighted by Crippen LogP contribution is 2.30. The first-order chi connectivity index (χ1) is 13.3. The van der Waals surface area contributed by atoms with E-state index in [1.165, 1.54) is 5.56 Å². The van der Waals surface area contributed by atoms with Crippen molar-refractivity contribution < 1.29 is 0 Å². The van der Waals surface area contributed by atoms with Crippen LogP contribution >= 0.6 is 23.4 Å². The predicted molar refractivity (Wildman–Crippen MR) is 110 cm³/mol. The number of halogens is 1. The van der Waals surface area contributed by atoms with Crippen LogP contribution in [0.1, 0.15) is 11.3 Å². The largest absolute Gasteiger partial charge is 0.297 e. The smallest absolute Gasteiger partial charge is 0.192 e. The zero-order valence-corrected chi connectivity index (χ0v) is 16.1. The Balaban J connectivity index is 1.69. The van der Waals surface area contributed by atoms with E-state index in [0.717, 1.165) is 28.0 Å². The lowest BCUT2D eigenvalue weighted by atomic mass is 10.2. The van der Waals surface area contributed by atoms with Crippen LogP contribution in [0.15, 0.2) is 84.1 Å². The number of nitrogens with zero attached hydrogens (tertiary/aromatic N) is 4. The maximum absolute atomic E-state index is 6.42. The minimum Gasteiger partial charge on any atom is -0.297 e. The Labute approximate surface area is 167 Å². The molecule has 0 radical (unpaired) electrons. The molecule has 134 valence electrons. The van der Waals surface area contributed by atoms with E-state index in [4.69, 9.17) is 11.6 Å². The van der Waals surface area contributed by atoms with E-state index in [1.807, 2.05) is 60.7 Å². The fourth-order valence-electron chi connectivity index (χ4n) is 2.77. The Morgan fingerprint density at radius 1 is 0.852 bits per heavy atom. The van der Waals surface area contributed by atoms with Gasteiger partial charge >= 0.3 is 0 Å². The molecular formula is C21H17ClN4S. The van der Waals surface area contributed by atoms with Gasteiger partial charge in [-0.05, 0) is 29.8 Å². The third kappa shape index (κ3) is 4.21. The quantitative estimate of drug-likeness (QED) is 0.416. The number of aromatic nitrogens is 4. The van der Waals surface area contributed by atoms with Gasteiger partial charge in [0.2, 0.25) is 0 Å². The first-order valence-corrected chi connectivity index (χ1v) is 9.92. The molecule has 4 rings (SSSR count). The average Bonchev–Trinajstić information content (AvgIpc) is 3.10. The summed E-state index contributed by atoms with van der Waals surface area (Å²) in [7, 11) is 0. The molecule has 27 heavy (non-hydrogen) atoms. The molecule has 0 aliphatic carbocycles. The molecule has 0 saturated carbocycles. The molecule has 6 heteroatoms. The van der Waals surface area contributed by atoms with Gasteiger partial charge in [-0.15, -0.1) is 10.2 Å². The molecular weight excluding hydrogens is 376 g/mol. The van der Waals surface area contributed by atoms with Crippen LogP contribution < -0.4 is 0 Å². The van der Waals surface area contributed by atoms with Crippen LogP contribution in [0.25, 0.3) is 11.4 Å². The molecule has 0 unspecified atom stereocenters. The van der Waals surface area contributed by atoms with Gasteiger partial charge in [0.05, 0.1) is 17.3 Å². The molecule has 4 nitrogen and oxygen atoms in total. The van der Waals surface area contributed by atoms with Crippen molar-refractivity contribution in [2.75, 3.05) is 0 Å². The highest BCUT2D eigenvalue weighted by Gasteiger charge is 2.17. The second-order valence-corrected chi connectivity index (χ2v) is 7.32. The summed E-state index contributed by atoms with van der Waals surface area (Å²) in [5.74, 6) is 1.50. The van der Waals surface area contributed by atoms with Crippen LogP contribution in [-0.2, 0) is 12.3 Å². The van der Waals surface area contributed by atoms with E-state index in [0.29, 0.717) is 11.6 Å². The van der Waals surface area contributed by atoms with Crippen LogP contribution in [-0.4, -0.2) is 19.7 Å². The number of hydrogen-bond donors (Lipinski definition) is 0. The lowest BCUT2D eigenvalue weighted by Crippen LogP contribution is -2.04. The monoisotopic (exact) mass is 392 g/mol. The zero-order valence-electron chi connectivity index (χ0n) is 14.5. The number of benzene rings is 2. The summed E-state index contributed by atoms with van der Waals surface area (Å²) in [6.07, 6.45) is 1.81. The topological polar surface area (TPSA) is 43.6 Å². The predicted octanol–water partition coefficient (Wildman–Crippen LogP) is 5.33. The van der Waals surface area contributed by atoms with Crippen LogP contribution in [0, 0.1) is 0 Å². The van der Waals surface area contributed by atoms with Gasteiger partial charge in [-0.2, -0.15) is 0 Å². The van der Waals surface area contributed by atoms with Crippen molar-refractivity contribution in [3.63, 3.8) is 0 Å². The maximum Gasteiger partial charge on any atom is 0.192 e. The van der Waals surface area contributed by atoms with E-state index in [-0.39, 0.29) is 0 Å². The summed E-state index contributed by atoms with van der Waals surface area (Å²) < 4.78 is 2.12. The normalized spacial score (nSPS) is 10.9. The van der Waals surface area contributed by atoms with Crippen LogP contribution in [0.3, 0.4) is 0 Å². The first kappa shape index (κ1) is 17.8. The van der Waals surface area contributed by atoms with E-state index in [9.17, 15) is 0 Å². The van der Waals surface area contributed by atoms with E-state index in [1.54, 1.807) is 18.0 Å². The van der Waals surface area contributed by atoms with Gasteiger partial charge in [-0.25, -0.2) is 0 Å². The summed E-state index contributed by atoms with van der Waals surface area (Å²) >= 11 is 8.04. The summed E-state index contributed by atoms with van der Waals surface area (Å²) in [5.41, 5.74) is 3.08.